The molecule has 0 bridgehead atoms. The SMILES string of the molecule is N#Cc1ncc(N2C[C@H]3C[C@H]3[C@@H]2[C@H](O)C(F)(F)F)cc1OC(F)F. The molecule has 2 fully saturated rings. The molecule has 5 nitrogen and oxygen atoms in total. The first-order chi connectivity index (χ1) is 11.2. The average molecular weight is 349 g/mol. The third-order valence-corrected chi connectivity index (χ3v) is 4.36. The van der Waals surface area contributed by atoms with Gasteiger partial charge in [-0.05, 0) is 18.3 Å². The summed E-state index contributed by atoms with van der Waals surface area (Å²) >= 11 is 0. The molecule has 2 heterocycles. The quantitative estimate of drug-likeness (QED) is 0.845. The molecule has 1 aromatic rings. The van der Waals surface area contributed by atoms with E-state index in [1.54, 1.807) is 6.07 Å². The average Bonchev–Trinajstić information content (AvgIpc) is 3.16. The topological polar surface area (TPSA) is 69.4 Å². The third kappa shape index (κ3) is 2.96. The van der Waals surface area contributed by atoms with Gasteiger partial charge in [0.2, 0.25) is 0 Å². The van der Waals surface area contributed by atoms with Crippen molar-refractivity contribution in [3.63, 3.8) is 0 Å². The molecule has 2 aliphatic rings. The van der Waals surface area contributed by atoms with Gasteiger partial charge in [-0.2, -0.15) is 27.2 Å². The van der Waals surface area contributed by atoms with Crippen molar-refractivity contribution in [2.45, 2.75) is 31.4 Å². The molecule has 0 unspecified atom stereocenters. The highest BCUT2D eigenvalue weighted by molar-refractivity contribution is 5.55. The zero-order valence-corrected chi connectivity index (χ0v) is 12.0. The van der Waals surface area contributed by atoms with Crippen LogP contribution in [0.2, 0.25) is 0 Å². The summed E-state index contributed by atoms with van der Waals surface area (Å²) in [5.74, 6) is -0.801. The standard InChI is InChI=1S/C14H12F5N3O2/c15-13(16)24-10-2-7(4-21-9(10)3-20)22-5-6-1-8(6)11(22)12(23)14(17,18)19/h2,4,6,8,11-13,23H,1,5H2/t6-,8-,11-,12+/m1/s1. The number of hydrogen-bond acceptors (Lipinski definition) is 5. The van der Waals surface area contributed by atoms with Gasteiger partial charge in [0.25, 0.3) is 0 Å². The van der Waals surface area contributed by atoms with E-state index in [0.717, 1.165) is 12.3 Å². The summed E-state index contributed by atoms with van der Waals surface area (Å²) in [7, 11) is 0. The van der Waals surface area contributed by atoms with E-state index in [4.69, 9.17) is 5.26 Å². The van der Waals surface area contributed by atoms with Gasteiger partial charge in [-0.25, -0.2) is 4.98 Å². The van der Waals surface area contributed by atoms with Gasteiger partial charge in [-0.15, -0.1) is 0 Å². The predicted molar refractivity (Wildman–Crippen MR) is 70.4 cm³/mol. The van der Waals surface area contributed by atoms with Crippen molar-refractivity contribution >= 4 is 5.69 Å². The molecule has 1 saturated heterocycles. The van der Waals surface area contributed by atoms with Crippen molar-refractivity contribution in [3.05, 3.63) is 18.0 Å². The molecule has 4 atom stereocenters. The smallest absolute Gasteiger partial charge is 0.416 e. The Morgan fingerprint density at radius 3 is 2.71 bits per heavy atom. The van der Waals surface area contributed by atoms with Crippen molar-refractivity contribution in [1.29, 1.82) is 5.26 Å². The van der Waals surface area contributed by atoms with Crippen LogP contribution in [-0.2, 0) is 0 Å². The van der Waals surface area contributed by atoms with Gasteiger partial charge in [0.15, 0.2) is 17.5 Å². The number of aliphatic hydroxyl groups is 1. The molecule has 3 rings (SSSR count). The number of alkyl halides is 5. The first kappa shape index (κ1) is 16.7. The maximum absolute atomic E-state index is 12.9. The maximum atomic E-state index is 12.9. The molecule has 1 aliphatic carbocycles. The minimum absolute atomic E-state index is 0.0158. The molecule has 1 saturated carbocycles. The zero-order valence-electron chi connectivity index (χ0n) is 12.0. The summed E-state index contributed by atoms with van der Waals surface area (Å²) in [6.07, 6.45) is -5.64. The van der Waals surface area contributed by atoms with E-state index in [1.807, 2.05) is 0 Å². The van der Waals surface area contributed by atoms with E-state index in [-0.39, 0.29) is 24.1 Å². The Kier molecular flexibility index (Phi) is 3.99. The number of fused-ring (bicyclic) bond motifs is 1. The number of aromatic nitrogens is 1. The van der Waals surface area contributed by atoms with E-state index >= 15 is 0 Å². The largest absolute Gasteiger partial charge is 0.432 e. The normalized spacial score (nSPS) is 26.9. The second-order valence-electron chi connectivity index (χ2n) is 5.82. The lowest BCUT2D eigenvalue weighted by atomic mass is 10.1. The summed E-state index contributed by atoms with van der Waals surface area (Å²) in [6, 6.07) is 1.43. The second kappa shape index (κ2) is 5.73. The van der Waals surface area contributed by atoms with Crippen LogP contribution in [0, 0.1) is 23.2 Å². The highest BCUT2D eigenvalue weighted by Gasteiger charge is 2.60. The van der Waals surface area contributed by atoms with E-state index in [1.165, 1.54) is 4.90 Å². The summed E-state index contributed by atoms with van der Waals surface area (Å²) < 4.78 is 67.7. The molecule has 0 amide bonds. The number of hydrogen-bond donors (Lipinski definition) is 1. The molecule has 24 heavy (non-hydrogen) atoms. The number of halogens is 5. The van der Waals surface area contributed by atoms with E-state index in [0.29, 0.717) is 6.42 Å². The van der Waals surface area contributed by atoms with Gasteiger partial charge in [-0.1, -0.05) is 0 Å². The lowest BCUT2D eigenvalue weighted by molar-refractivity contribution is -0.210. The number of ether oxygens (including phenoxy) is 1. The van der Waals surface area contributed by atoms with Crippen LogP contribution in [-0.4, -0.2) is 41.6 Å². The monoisotopic (exact) mass is 349 g/mol. The third-order valence-electron chi connectivity index (χ3n) is 4.36. The molecule has 10 heteroatoms. The molecule has 1 aliphatic heterocycles. The molecular weight excluding hydrogens is 337 g/mol. The van der Waals surface area contributed by atoms with Crippen molar-refractivity contribution in [1.82, 2.24) is 4.98 Å². The zero-order chi connectivity index (χ0) is 17.6. The van der Waals surface area contributed by atoms with Crippen LogP contribution in [0.3, 0.4) is 0 Å². The molecular formula is C14H12F5N3O2. The Bertz CT molecular complexity index is 675. The number of piperidine rings is 1. The lowest BCUT2D eigenvalue weighted by Gasteiger charge is -2.33. The predicted octanol–water partition coefficient (Wildman–Crippen LogP) is 2.30. The Balaban J connectivity index is 1.92. The second-order valence-corrected chi connectivity index (χ2v) is 5.82. The van der Waals surface area contributed by atoms with Crippen molar-refractivity contribution in [2.24, 2.45) is 11.8 Å². The van der Waals surface area contributed by atoms with Gasteiger partial charge >= 0.3 is 12.8 Å². The van der Waals surface area contributed by atoms with Crippen LogP contribution in [0.4, 0.5) is 27.6 Å². The Labute approximate surface area is 133 Å². The number of nitriles is 1. The van der Waals surface area contributed by atoms with E-state index in [9.17, 15) is 27.1 Å². The summed E-state index contributed by atoms with van der Waals surface area (Å²) in [4.78, 5) is 4.96. The summed E-state index contributed by atoms with van der Waals surface area (Å²) in [5, 5.41) is 18.5. The number of pyridine rings is 1. The van der Waals surface area contributed by atoms with Crippen molar-refractivity contribution < 1.29 is 31.8 Å². The van der Waals surface area contributed by atoms with Gasteiger partial charge in [0.05, 0.1) is 17.9 Å². The fourth-order valence-electron chi connectivity index (χ4n) is 3.24. The molecule has 1 N–H and O–H groups in total. The Hall–Kier alpha value is -2.15. The fourth-order valence-corrected chi connectivity index (χ4v) is 3.24. The number of nitrogens with zero attached hydrogens (tertiary/aromatic N) is 3. The van der Waals surface area contributed by atoms with Gasteiger partial charge in [0.1, 0.15) is 6.07 Å². The number of aliphatic hydroxyl groups excluding tert-OH is 1. The van der Waals surface area contributed by atoms with Crippen LogP contribution in [0.5, 0.6) is 5.75 Å². The highest BCUT2D eigenvalue weighted by atomic mass is 19.4. The van der Waals surface area contributed by atoms with Crippen LogP contribution in [0.15, 0.2) is 12.3 Å². The molecule has 0 aromatic carbocycles. The van der Waals surface area contributed by atoms with Crippen molar-refractivity contribution in [3.8, 4) is 11.8 Å². The molecule has 0 spiro atoms. The van der Waals surface area contributed by atoms with Crippen molar-refractivity contribution in [2.75, 3.05) is 11.4 Å². The summed E-state index contributed by atoms with van der Waals surface area (Å²) in [5.41, 5.74) is -0.290. The number of rotatable bonds is 4. The molecule has 0 radical (unpaired) electrons. The van der Waals surface area contributed by atoms with Crippen LogP contribution < -0.4 is 9.64 Å². The van der Waals surface area contributed by atoms with Gasteiger partial charge < -0.3 is 14.7 Å². The van der Waals surface area contributed by atoms with Crippen LogP contribution in [0.1, 0.15) is 12.1 Å². The summed E-state index contributed by atoms with van der Waals surface area (Å²) in [6.45, 7) is -2.94. The van der Waals surface area contributed by atoms with E-state index in [2.05, 4.69) is 9.72 Å². The van der Waals surface area contributed by atoms with Gasteiger partial charge in [0, 0.05) is 12.6 Å². The van der Waals surface area contributed by atoms with E-state index < -0.39 is 36.4 Å². The minimum Gasteiger partial charge on any atom is -0.432 e. The maximum Gasteiger partial charge on any atom is 0.416 e. The highest BCUT2D eigenvalue weighted by Crippen LogP contribution is 2.53. The molecule has 130 valence electrons. The Morgan fingerprint density at radius 1 is 1.42 bits per heavy atom. The Morgan fingerprint density at radius 2 is 2.12 bits per heavy atom. The first-order valence-corrected chi connectivity index (χ1v) is 7.08. The number of anilines is 1. The lowest BCUT2D eigenvalue weighted by Crippen LogP contribution is -2.49. The minimum atomic E-state index is -4.79. The molecule has 1 aromatic heterocycles. The first-order valence-electron chi connectivity index (χ1n) is 7.08. The van der Waals surface area contributed by atoms with Gasteiger partial charge in [-0.3, -0.25) is 0 Å². The fraction of sp³-hybridized carbons (Fsp3) is 0.571. The van der Waals surface area contributed by atoms with Crippen LogP contribution >= 0.6 is 0 Å². The van der Waals surface area contributed by atoms with Crippen LogP contribution in [0.25, 0.3) is 0 Å².